The first-order valence-corrected chi connectivity index (χ1v) is 11.4. The van der Waals surface area contributed by atoms with Gasteiger partial charge in [0.1, 0.15) is 5.75 Å². The molecule has 0 fully saturated rings. The van der Waals surface area contributed by atoms with Crippen LogP contribution in [0, 0.1) is 13.8 Å². The number of amides is 1. The van der Waals surface area contributed by atoms with Gasteiger partial charge in [-0.3, -0.25) is 4.79 Å². The summed E-state index contributed by atoms with van der Waals surface area (Å²) in [5, 5.41) is 12.1. The van der Waals surface area contributed by atoms with Crippen LogP contribution < -0.4 is 10.1 Å². The third kappa shape index (κ3) is 5.56. The number of hydrogen-bond donors (Lipinski definition) is 1. The minimum absolute atomic E-state index is 0.277. The summed E-state index contributed by atoms with van der Waals surface area (Å²) < 4.78 is 6.95. The Kier molecular flexibility index (Phi) is 6.99. The average Bonchev–Trinajstić information content (AvgIpc) is 3.25. The van der Waals surface area contributed by atoms with Crippen LogP contribution in [0.25, 0.3) is 5.69 Å². The molecule has 1 N–H and O–H groups in total. The Morgan fingerprint density at radius 3 is 2.52 bits per heavy atom. The lowest BCUT2D eigenvalue weighted by Gasteiger charge is -2.09. The summed E-state index contributed by atoms with van der Waals surface area (Å²) in [5.74, 6) is 0.881. The fourth-order valence-corrected chi connectivity index (χ4v) is 4.27. The van der Waals surface area contributed by atoms with Gasteiger partial charge in [-0.05, 0) is 49.7 Å². The van der Waals surface area contributed by atoms with Crippen molar-refractivity contribution < 1.29 is 9.53 Å². The van der Waals surface area contributed by atoms with Crippen LogP contribution in [0.3, 0.4) is 0 Å². The second-order valence-corrected chi connectivity index (χ2v) is 8.33. The van der Waals surface area contributed by atoms with E-state index in [0.29, 0.717) is 23.1 Å². The largest absolute Gasteiger partial charge is 0.497 e. The summed E-state index contributed by atoms with van der Waals surface area (Å²) in [6.07, 6.45) is 0. The Balaban J connectivity index is 1.58. The Morgan fingerprint density at radius 1 is 1.03 bits per heavy atom. The van der Waals surface area contributed by atoms with E-state index in [1.807, 2.05) is 74.5 Å². The number of hydrogen-bond acceptors (Lipinski definition) is 7. The normalized spacial score (nSPS) is 10.8. The molecule has 0 radical (unpaired) electrons. The lowest BCUT2D eigenvalue weighted by atomic mass is 10.2. The first kappa shape index (κ1) is 22.5. The van der Waals surface area contributed by atoms with E-state index in [2.05, 4.69) is 25.6 Å². The number of para-hydroxylation sites is 1. The van der Waals surface area contributed by atoms with Gasteiger partial charge < -0.3 is 10.1 Å². The third-order valence-corrected chi connectivity index (χ3v) is 5.72. The molecule has 4 rings (SSSR count). The number of nitrogens with zero attached hydrogens (tertiary/aromatic N) is 5. The van der Waals surface area contributed by atoms with Gasteiger partial charge in [-0.15, -0.1) is 5.10 Å². The number of benzene rings is 2. The fraction of sp³-hybridized carbons (Fsp3) is 0.208. The van der Waals surface area contributed by atoms with Crippen molar-refractivity contribution in [3.63, 3.8) is 0 Å². The Bertz CT molecular complexity index is 1240. The van der Waals surface area contributed by atoms with E-state index in [-0.39, 0.29) is 11.6 Å². The number of carbonyl (C=O) groups is 1. The number of ether oxygens (including phenoxy) is 1. The zero-order valence-electron chi connectivity index (χ0n) is 18.6. The Morgan fingerprint density at radius 2 is 1.79 bits per heavy atom. The minimum atomic E-state index is -0.294. The highest BCUT2D eigenvalue weighted by atomic mass is 32.2. The van der Waals surface area contributed by atoms with Crippen LogP contribution in [0.5, 0.6) is 5.75 Å². The number of methoxy groups -OCH3 is 1. The average molecular weight is 461 g/mol. The van der Waals surface area contributed by atoms with Crippen molar-refractivity contribution in [2.45, 2.75) is 31.3 Å². The fourth-order valence-electron chi connectivity index (χ4n) is 3.32. The van der Waals surface area contributed by atoms with E-state index in [1.54, 1.807) is 11.8 Å². The number of thioether (sulfide) groups is 1. The summed E-state index contributed by atoms with van der Waals surface area (Å²) in [6, 6.07) is 19.1. The molecule has 0 saturated heterocycles. The molecule has 0 unspecified atom stereocenters. The van der Waals surface area contributed by atoms with Crippen LogP contribution in [0.4, 0.5) is 0 Å². The zero-order chi connectivity index (χ0) is 23.2. The summed E-state index contributed by atoms with van der Waals surface area (Å²) >= 11 is 1.45. The maximum atomic E-state index is 13.1. The predicted molar refractivity (Wildman–Crippen MR) is 127 cm³/mol. The highest BCUT2D eigenvalue weighted by molar-refractivity contribution is 7.98. The standard InChI is InChI=1S/C24H24N6O2S/c1-16-12-17(2)27-24(26-16)33-15-21-22(28-29-30(21)19-9-5-4-6-10-19)23(31)25-14-18-8-7-11-20(13-18)32-3/h4-13H,14-15H2,1-3H3,(H,25,31). The Hall–Kier alpha value is -3.72. The zero-order valence-corrected chi connectivity index (χ0v) is 19.5. The molecule has 1 amide bonds. The Labute approximate surface area is 196 Å². The first-order valence-electron chi connectivity index (χ1n) is 10.4. The molecule has 0 spiro atoms. The molecule has 9 heteroatoms. The van der Waals surface area contributed by atoms with Gasteiger partial charge in [0, 0.05) is 23.7 Å². The maximum absolute atomic E-state index is 13.1. The lowest BCUT2D eigenvalue weighted by molar-refractivity contribution is 0.0945. The topological polar surface area (TPSA) is 94.8 Å². The number of nitrogens with one attached hydrogen (secondary N) is 1. The lowest BCUT2D eigenvalue weighted by Crippen LogP contribution is -2.24. The van der Waals surface area contributed by atoms with E-state index in [4.69, 9.17) is 4.74 Å². The quantitative estimate of drug-likeness (QED) is 0.315. The molecule has 4 aromatic rings. The molecule has 0 saturated carbocycles. The van der Waals surface area contributed by atoms with Crippen LogP contribution in [-0.2, 0) is 12.3 Å². The number of carbonyl (C=O) groups excluding carboxylic acids is 1. The third-order valence-electron chi connectivity index (χ3n) is 4.87. The van der Waals surface area contributed by atoms with Gasteiger partial charge in [0.2, 0.25) is 0 Å². The van der Waals surface area contributed by atoms with Gasteiger partial charge in [-0.25, -0.2) is 14.6 Å². The van der Waals surface area contributed by atoms with Crippen molar-refractivity contribution in [2.24, 2.45) is 0 Å². The molecule has 168 valence electrons. The SMILES string of the molecule is COc1cccc(CNC(=O)c2nnn(-c3ccccc3)c2CSc2nc(C)cc(C)n2)c1. The van der Waals surface area contributed by atoms with Crippen LogP contribution >= 0.6 is 11.8 Å². The predicted octanol–water partition coefficient (Wildman–Crippen LogP) is 3.91. The van der Waals surface area contributed by atoms with Crippen molar-refractivity contribution in [1.82, 2.24) is 30.3 Å². The molecule has 2 aromatic heterocycles. The van der Waals surface area contributed by atoms with E-state index in [9.17, 15) is 4.79 Å². The summed E-state index contributed by atoms with van der Waals surface area (Å²) in [6.45, 7) is 4.22. The first-order chi connectivity index (χ1) is 16.0. The molecule has 2 heterocycles. The van der Waals surface area contributed by atoms with Crippen molar-refractivity contribution >= 4 is 17.7 Å². The summed E-state index contributed by atoms with van der Waals surface area (Å²) in [7, 11) is 1.61. The van der Waals surface area contributed by atoms with E-state index in [0.717, 1.165) is 28.4 Å². The van der Waals surface area contributed by atoms with Gasteiger partial charge in [0.05, 0.1) is 18.5 Å². The van der Waals surface area contributed by atoms with Gasteiger partial charge in [0.25, 0.3) is 5.91 Å². The van der Waals surface area contributed by atoms with Crippen LogP contribution in [0.1, 0.15) is 33.1 Å². The molecule has 33 heavy (non-hydrogen) atoms. The summed E-state index contributed by atoms with van der Waals surface area (Å²) in [5.41, 5.74) is 4.51. The molecule has 0 aliphatic rings. The van der Waals surface area contributed by atoms with Crippen molar-refractivity contribution in [1.29, 1.82) is 0 Å². The highest BCUT2D eigenvalue weighted by Crippen LogP contribution is 2.24. The van der Waals surface area contributed by atoms with Gasteiger partial charge in [-0.2, -0.15) is 0 Å². The number of aromatic nitrogens is 5. The van der Waals surface area contributed by atoms with Gasteiger partial charge in [0.15, 0.2) is 10.9 Å². The van der Waals surface area contributed by atoms with Crippen LogP contribution in [-0.4, -0.2) is 38.0 Å². The smallest absolute Gasteiger partial charge is 0.274 e. The van der Waals surface area contributed by atoms with E-state index < -0.39 is 0 Å². The van der Waals surface area contributed by atoms with E-state index >= 15 is 0 Å². The molecule has 0 aliphatic heterocycles. The second kappa shape index (κ2) is 10.3. The number of rotatable bonds is 8. The summed E-state index contributed by atoms with van der Waals surface area (Å²) in [4.78, 5) is 22.0. The molecule has 2 aromatic carbocycles. The van der Waals surface area contributed by atoms with Crippen LogP contribution in [0.2, 0.25) is 0 Å². The van der Waals surface area contributed by atoms with E-state index in [1.165, 1.54) is 11.8 Å². The molecule has 0 bridgehead atoms. The van der Waals surface area contributed by atoms with Crippen LogP contribution in [0.15, 0.2) is 65.8 Å². The highest BCUT2D eigenvalue weighted by Gasteiger charge is 2.21. The minimum Gasteiger partial charge on any atom is -0.497 e. The second-order valence-electron chi connectivity index (χ2n) is 7.39. The monoisotopic (exact) mass is 460 g/mol. The molecular weight excluding hydrogens is 436 g/mol. The van der Waals surface area contributed by atoms with Crippen molar-refractivity contribution in [3.05, 3.63) is 89.0 Å². The maximum Gasteiger partial charge on any atom is 0.274 e. The van der Waals surface area contributed by atoms with Gasteiger partial charge in [-0.1, -0.05) is 47.3 Å². The number of aryl methyl sites for hydroxylation is 2. The molecule has 0 atom stereocenters. The molecular formula is C24H24N6O2S. The van der Waals surface area contributed by atoms with Crippen molar-refractivity contribution in [2.75, 3.05) is 7.11 Å². The molecule has 8 nitrogen and oxygen atoms in total. The van der Waals surface area contributed by atoms with Crippen molar-refractivity contribution in [3.8, 4) is 11.4 Å². The van der Waals surface area contributed by atoms with Gasteiger partial charge >= 0.3 is 0 Å². The molecule has 0 aliphatic carbocycles.